The molecule has 1 aromatic rings. The van der Waals surface area contributed by atoms with Crippen LogP contribution in [0.3, 0.4) is 0 Å². The van der Waals surface area contributed by atoms with Crippen LogP contribution in [0, 0.1) is 11.8 Å². The minimum absolute atomic E-state index is 0.0634. The lowest BCUT2D eigenvalue weighted by molar-refractivity contribution is -0.141. The van der Waals surface area contributed by atoms with Gasteiger partial charge in [0.1, 0.15) is 5.69 Å². The summed E-state index contributed by atoms with van der Waals surface area (Å²) in [6.07, 6.45) is 1.34. The highest BCUT2D eigenvalue weighted by Gasteiger charge is 2.32. The largest absolute Gasteiger partial charge is 0.433 e. The first kappa shape index (κ1) is 14.1. The second kappa shape index (κ2) is 5.75. The average molecular weight is 273 g/mol. The highest BCUT2D eigenvalue weighted by Crippen LogP contribution is 2.29. The Morgan fingerprint density at radius 1 is 1.26 bits per heavy atom. The number of hydrogen-bond donors (Lipinski definition) is 1. The van der Waals surface area contributed by atoms with Crippen molar-refractivity contribution in [2.75, 3.05) is 11.9 Å². The fraction of sp³-hybridized carbons (Fsp3) is 0.692. The van der Waals surface area contributed by atoms with Crippen LogP contribution in [0.4, 0.5) is 19.1 Å². The summed E-state index contributed by atoms with van der Waals surface area (Å²) < 4.78 is 37.5. The number of hydrogen-bond acceptors (Lipinski definition) is 3. The van der Waals surface area contributed by atoms with Gasteiger partial charge in [0.25, 0.3) is 0 Å². The van der Waals surface area contributed by atoms with E-state index in [1.807, 2.05) is 0 Å². The van der Waals surface area contributed by atoms with Gasteiger partial charge in [-0.05, 0) is 30.7 Å². The molecule has 19 heavy (non-hydrogen) atoms. The van der Waals surface area contributed by atoms with Crippen LogP contribution in [0.15, 0.2) is 12.3 Å². The third kappa shape index (κ3) is 4.08. The summed E-state index contributed by atoms with van der Waals surface area (Å²) in [5, 5.41) is 2.92. The Balaban J connectivity index is 1.89. The summed E-state index contributed by atoms with van der Waals surface area (Å²) in [5.41, 5.74) is -0.901. The van der Waals surface area contributed by atoms with E-state index in [1.165, 1.54) is 12.8 Å². The van der Waals surface area contributed by atoms with Crippen molar-refractivity contribution in [2.24, 2.45) is 11.8 Å². The lowest BCUT2D eigenvalue weighted by Gasteiger charge is -2.26. The molecule has 0 amide bonds. The van der Waals surface area contributed by atoms with Gasteiger partial charge in [0, 0.05) is 12.7 Å². The van der Waals surface area contributed by atoms with Crippen LogP contribution in [0.5, 0.6) is 0 Å². The number of nitrogens with one attached hydrogen (secondary N) is 1. The Labute approximate surface area is 110 Å². The van der Waals surface area contributed by atoms with Gasteiger partial charge in [-0.2, -0.15) is 13.2 Å². The molecule has 1 N–H and O–H groups in total. The van der Waals surface area contributed by atoms with E-state index in [-0.39, 0.29) is 5.95 Å². The monoisotopic (exact) mass is 273 g/mol. The van der Waals surface area contributed by atoms with Crippen LogP contribution >= 0.6 is 0 Å². The SMILES string of the molecule is CC1CCC(CNc2nccc(C(F)(F)F)n2)CC1. The Bertz CT molecular complexity index is 412. The van der Waals surface area contributed by atoms with Crippen molar-refractivity contribution >= 4 is 5.95 Å². The summed E-state index contributed by atoms with van der Waals surface area (Å²) in [6.45, 7) is 2.88. The quantitative estimate of drug-likeness (QED) is 0.911. The van der Waals surface area contributed by atoms with Gasteiger partial charge in [-0.1, -0.05) is 19.8 Å². The topological polar surface area (TPSA) is 37.8 Å². The highest BCUT2D eigenvalue weighted by atomic mass is 19.4. The molecular weight excluding hydrogens is 255 g/mol. The zero-order valence-corrected chi connectivity index (χ0v) is 10.9. The van der Waals surface area contributed by atoms with E-state index in [2.05, 4.69) is 22.2 Å². The smallest absolute Gasteiger partial charge is 0.354 e. The Kier molecular flexibility index (Phi) is 4.27. The number of aromatic nitrogens is 2. The molecule has 0 unspecified atom stereocenters. The van der Waals surface area contributed by atoms with Gasteiger partial charge >= 0.3 is 6.18 Å². The second-order valence-electron chi connectivity index (χ2n) is 5.27. The first-order valence-electron chi connectivity index (χ1n) is 6.59. The van der Waals surface area contributed by atoms with Gasteiger partial charge in [-0.3, -0.25) is 0 Å². The molecule has 106 valence electrons. The lowest BCUT2D eigenvalue weighted by atomic mass is 9.83. The van der Waals surface area contributed by atoms with Gasteiger partial charge in [-0.15, -0.1) is 0 Å². The molecule has 6 heteroatoms. The molecule has 0 aliphatic heterocycles. The molecule has 1 heterocycles. The van der Waals surface area contributed by atoms with Crippen LogP contribution in [0.1, 0.15) is 38.3 Å². The highest BCUT2D eigenvalue weighted by molar-refractivity contribution is 5.26. The van der Waals surface area contributed by atoms with Gasteiger partial charge in [0.2, 0.25) is 5.95 Å². The lowest BCUT2D eigenvalue weighted by Crippen LogP contribution is -2.21. The van der Waals surface area contributed by atoms with Crippen LogP contribution in [-0.2, 0) is 6.18 Å². The summed E-state index contributed by atoms with van der Waals surface area (Å²) in [7, 11) is 0. The van der Waals surface area contributed by atoms with Crippen LogP contribution in [-0.4, -0.2) is 16.5 Å². The molecule has 1 aliphatic carbocycles. The van der Waals surface area contributed by atoms with E-state index in [0.717, 1.165) is 31.0 Å². The zero-order valence-electron chi connectivity index (χ0n) is 10.9. The molecular formula is C13H18F3N3. The van der Waals surface area contributed by atoms with E-state index in [0.29, 0.717) is 12.5 Å². The van der Waals surface area contributed by atoms with Crippen molar-refractivity contribution in [2.45, 2.75) is 38.8 Å². The van der Waals surface area contributed by atoms with E-state index in [4.69, 9.17) is 0 Å². The molecule has 2 rings (SSSR count). The normalized spacial score (nSPS) is 24.2. The number of halogens is 3. The van der Waals surface area contributed by atoms with Gasteiger partial charge in [0.05, 0.1) is 0 Å². The van der Waals surface area contributed by atoms with E-state index < -0.39 is 11.9 Å². The predicted molar refractivity (Wildman–Crippen MR) is 66.6 cm³/mol. The molecule has 1 saturated carbocycles. The summed E-state index contributed by atoms with van der Waals surface area (Å²) in [5.74, 6) is 1.34. The number of nitrogens with zero attached hydrogens (tertiary/aromatic N) is 2. The summed E-state index contributed by atoms with van der Waals surface area (Å²) in [4.78, 5) is 7.33. The average Bonchev–Trinajstić information content (AvgIpc) is 2.37. The molecule has 1 aliphatic rings. The Morgan fingerprint density at radius 2 is 1.95 bits per heavy atom. The Hall–Kier alpha value is -1.33. The molecule has 0 aromatic carbocycles. The van der Waals surface area contributed by atoms with Crippen molar-refractivity contribution in [3.8, 4) is 0 Å². The third-order valence-electron chi connectivity index (χ3n) is 3.63. The van der Waals surface area contributed by atoms with Crippen LogP contribution in [0.2, 0.25) is 0 Å². The van der Waals surface area contributed by atoms with Crippen LogP contribution < -0.4 is 5.32 Å². The third-order valence-corrected chi connectivity index (χ3v) is 3.63. The maximum Gasteiger partial charge on any atom is 0.433 e. The predicted octanol–water partition coefficient (Wildman–Crippen LogP) is 3.73. The number of anilines is 1. The van der Waals surface area contributed by atoms with Crippen molar-refractivity contribution in [3.05, 3.63) is 18.0 Å². The minimum atomic E-state index is -4.42. The molecule has 3 nitrogen and oxygen atoms in total. The second-order valence-corrected chi connectivity index (χ2v) is 5.27. The standard InChI is InChI=1S/C13H18F3N3/c1-9-2-4-10(5-3-9)8-18-12-17-7-6-11(19-12)13(14,15)16/h6-7,9-10H,2-5,8H2,1H3,(H,17,18,19). The molecule has 0 atom stereocenters. The van der Waals surface area contributed by atoms with Crippen molar-refractivity contribution in [3.63, 3.8) is 0 Å². The first-order valence-corrected chi connectivity index (χ1v) is 6.59. The molecule has 0 saturated heterocycles. The van der Waals surface area contributed by atoms with Crippen molar-refractivity contribution in [1.29, 1.82) is 0 Å². The maximum absolute atomic E-state index is 12.5. The number of rotatable bonds is 3. The van der Waals surface area contributed by atoms with E-state index in [1.54, 1.807) is 0 Å². The van der Waals surface area contributed by atoms with E-state index >= 15 is 0 Å². The zero-order chi connectivity index (χ0) is 13.9. The minimum Gasteiger partial charge on any atom is -0.354 e. The summed E-state index contributed by atoms with van der Waals surface area (Å²) in [6, 6.07) is 0.882. The molecule has 1 aromatic heterocycles. The fourth-order valence-corrected chi connectivity index (χ4v) is 2.37. The molecule has 1 fully saturated rings. The number of alkyl halides is 3. The molecule has 0 bridgehead atoms. The van der Waals surface area contributed by atoms with E-state index in [9.17, 15) is 13.2 Å². The fourth-order valence-electron chi connectivity index (χ4n) is 2.37. The van der Waals surface area contributed by atoms with Gasteiger partial charge in [0.15, 0.2) is 0 Å². The van der Waals surface area contributed by atoms with Crippen LogP contribution in [0.25, 0.3) is 0 Å². The van der Waals surface area contributed by atoms with Gasteiger partial charge in [-0.25, -0.2) is 9.97 Å². The Morgan fingerprint density at radius 3 is 2.58 bits per heavy atom. The van der Waals surface area contributed by atoms with Crippen molar-refractivity contribution in [1.82, 2.24) is 9.97 Å². The molecule has 0 spiro atoms. The first-order chi connectivity index (χ1) is 8.95. The summed E-state index contributed by atoms with van der Waals surface area (Å²) >= 11 is 0. The maximum atomic E-state index is 12.5. The van der Waals surface area contributed by atoms with Gasteiger partial charge < -0.3 is 5.32 Å². The van der Waals surface area contributed by atoms with Crippen molar-refractivity contribution < 1.29 is 13.2 Å². The molecule has 0 radical (unpaired) electrons.